The lowest BCUT2D eigenvalue weighted by Crippen LogP contribution is -2.51. The number of aliphatic carboxylic acids is 1. The molecule has 1 N–H and O–H groups in total. The van der Waals surface area contributed by atoms with E-state index in [9.17, 15) is 4.79 Å². The number of carbonyl (C=O) groups is 1. The smallest absolute Gasteiger partial charge is 0.317 e. The van der Waals surface area contributed by atoms with Gasteiger partial charge in [-0.05, 0) is 26.9 Å². The Kier molecular flexibility index (Phi) is 5.37. The minimum atomic E-state index is -0.757. The minimum Gasteiger partial charge on any atom is -0.480 e. The van der Waals surface area contributed by atoms with Crippen molar-refractivity contribution >= 4 is 5.97 Å². The van der Waals surface area contributed by atoms with Gasteiger partial charge in [0.15, 0.2) is 0 Å². The molecule has 0 aromatic rings. The Hall–Kier alpha value is -0.690. The maximum Gasteiger partial charge on any atom is 0.317 e. The van der Waals surface area contributed by atoms with Gasteiger partial charge in [0.1, 0.15) is 0 Å². The molecule has 20 heavy (non-hydrogen) atoms. The molecule has 2 aliphatic rings. The van der Waals surface area contributed by atoms with Gasteiger partial charge in [-0.15, -0.1) is 0 Å². The molecule has 0 saturated carbocycles. The molecule has 2 saturated heterocycles. The Morgan fingerprint density at radius 1 is 1.35 bits per heavy atom. The Bertz CT molecular complexity index is 329. The summed E-state index contributed by atoms with van der Waals surface area (Å²) in [4.78, 5) is 15.3. The molecule has 0 radical (unpaired) electrons. The average molecular weight is 286 g/mol. The zero-order valence-electron chi connectivity index (χ0n) is 12.5. The van der Waals surface area contributed by atoms with Crippen molar-refractivity contribution in [2.45, 2.75) is 30.9 Å². The van der Waals surface area contributed by atoms with Crippen LogP contribution in [0.3, 0.4) is 0 Å². The van der Waals surface area contributed by atoms with Crippen molar-refractivity contribution in [1.82, 2.24) is 9.80 Å². The summed E-state index contributed by atoms with van der Waals surface area (Å²) < 4.78 is 11.4. The molecule has 6 heteroatoms. The first-order valence-corrected chi connectivity index (χ1v) is 7.33. The van der Waals surface area contributed by atoms with Crippen molar-refractivity contribution in [3.05, 3.63) is 0 Å². The fourth-order valence-electron chi connectivity index (χ4n) is 3.07. The number of carboxylic acids is 1. The number of likely N-dealkylation sites (N-methyl/N-ethyl adjacent to an activating group) is 1. The third-order valence-corrected chi connectivity index (χ3v) is 4.22. The molecule has 116 valence electrons. The van der Waals surface area contributed by atoms with E-state index in [0.29, 0.717) is 13.2 Å². The van der Waals surface area contributed by atoms with Crippen LogP contribution in [0.15, 0.2) is 0 Å². The SMILES string of the molecule is CN(C)CCN(CC(=O)O)C1CCOC2(CCOC2)C1. The highest BCUT2D eigenvalue weighted by atomic mass is 16.6. The normalized spacial score (nSPS) is 30.5. The predicted molar refractivity (Wildman–Crippen MR) is 74.9 cm³/mol. The molecule has 2 unspecified atom stereocenters. The molecule has 0 aliphatic carbocycles. The zero-order valence-corrected chi connectivity index (χ0v) is 12.5. The fourth-order valence-corrected chi connectivity index (χ4v) is 3.07. The molecule has 0 bridgehead atoms. The van der Waals surface area contributed by atoms with Gasteiger partial charge in [0.05, 0.1) is 18.8 Å². The number of carboxylic acid groups (broad SMARTS) is 1. The lowest BCUT2D eigenvalue weighted by atomic mass is 9.89. The van der Waals surface area contributed by atoms with Crippen molar-refractivity contribution in [2.75, 3.05) is 53.6 Å². The van der Waals surface area contributed by atoms with E-state index in [1.807, 2.05) is 14.1 Å². The summed E-state index contributed by atoms with van der Waals surface area (Å²) in [5.74, 6) is -0.757. The highest BCUT2D eigenvalue weighted by Crippen LogP contribution is 2.34. The van der Waals surface area contributed by atoms with E-state index < -0.39 is 5.97 Å². The maximum absolute atomic E-state index is 11.1. The third-order valence-electron chi connectivity index (χ3n) is 4.22. The van der Waals surface area contributed by atoms with Crippen LogP contribution >= 0.6 is 0 Å². The average Bonchev–Trinajstić information content (AvgIpc) is 2.82. The molecule has 1 spiro atoms. The van der Waals surface area contributed by atoms with Crippen molar-refractivity contribution in [1.29, 1.82) is 0 Å². The predicted octanol–water partition coefficient (Wildman–Crippen LogP) is 0.273. The second-order valence-corrected chi connectivity index (χ2v) is 6.15. The Morgan fingerprint density at radius 2 is 2.15 bits per heavy atom. The van der Waals surface area contributed by atoms with Gasteiger partial charge in [-0.3, -0.25) is 9.69 Å². The van der Waals surface area contributed by atoms with Gasteiger partial charge in [-0.25, -0.2) is 0 Å². The van der Waals surface area contributed by atoms with E-state index in [-0.39, 0.29) is 18.2 Å². The van der Waals surface area contributed by atoms with Crippen LogP contribution in [0.2, 0.25) is 0 Å². The number of hydrogen-bond acceptors (Lipinski definition) is 5. The van der Waals surface area contributed by atoms with E-state index in [1.54, 1.807) is 0 Å². The van der Waals surface area contributed by atoms with E-state index in [2.05, 4.69) is 9.80 Å². The maximum atomic E-state index is 11.1. The van der Waals surface area contributed by atoms with Gasteiger partial charge < -0.3 is 19.5 Å². The Balaban J connectivity index is 1.97. The molecule has 2 aliphatic heterocycles. The number of nitrogens with zero attached hydrogens (tertiary/aromatic N) is 2. The van der Waals surface area contributed by atoms with E-state index in [4.69, 9.17) is 14.6 Å². The van der Waals surface area contributed by atoms with E-state index in [0.717, 1.165) is 39.0 Å². The summed E-state index contributed by atoms with van der Waals surface area (Å²) in [5, 5.41) is 9.13. The first-order chi connectivity index (χ1) is 9.51. The van der Waals surface area contributed by atoms with Crippen molar-refractivity contribution in [2.24, 2.45) is 0 Å². The summed E-state index contributed by atoms with van der Waals surface area (Å²) in [6, 6.07) is 0.279. The van der Waals surface area contributed by atoms with Gasteiger partial charge >= 0.3 is 5.97 Å². The summed E-state index contributed by atoms with van der Waals surface area (Å²) in [5.41, 5.74) is -0.169. The monoisotopic (exact) mass is 286 g/mol. The minimum absolute atomic E-state index is 0.107. The summed E-state index contributed by atoms with van der Waals surface area (Å²) in [6.45, 7) is 3.86. The molecule has 2 fully saturated rings. The number of hydrogen-bond donors (Lipinski definition) is 1. The lowest BCUT2D eigenvalue weighted by Gasteiger charge is -2.42. The zero-order chi connectivity index (χ0) is 14.6. The topological polar surface area (TPSA) is 62.2 Å². The molecular weight excluding hydrogens is 260 g/mol. The van der Waals surface area contributed by atoms with Crippen LogP contribution in [0, 0.1) is 0 Å². The third kappa shape index (κ3) is 4.15. The fraction of sp³-hybridized carbons (Fsp3) is 0.929. The van der Waals surface area contributed by atoms with Crippen molar-refractivity contribution in [3.63, 3.8) is 0 Å². The molecule has 0 amide bonds. The van der Waals surface area contributed by atoms with Gasteiger partial charge in [-0.2, -0.15) is 0 Å². The molecule has 2 heterocycles. The Morgan fingerprint density at radius 3 is 2.75 bits per heavy atom. The molecule has 0 aromatic carbocycles. The van der Waals surface area contributed by atoms with E-state index in [1.165, 1.54) is 0 Å². The molecule has 6 nitrogen and oxygen atoms in total. The van der Waals surface area contributed by atoms with Gasteiger partial charge in [-0.1, -0.05) is 0 Å². The van der Waals surface area contributed by atoms with Crippen LogP contribution in [0.5, 0.6) is 0 Å². The van der Waals surface area contributed by atoms with Crippen LogP contribution in [-0.4, -0.2) is 86.1 Å². The highest BCUT2D eigenvalue weighted by Gasteiger charge is 2.42. The van der Waals surface area contributed by atoms with Gasteiger partial charge in [0.25, 0.3) is 0 Å². The summed E-state index contributed by atoms with van der Waals surface area (Å²) in [7, 11) is 4.02. The molecule has 2 rings (SSSR count). The van der Waals surface area contributed by atoms with Crippen LogP contribution in [0.1, 0.15) is 19.3 Å². The first-order valence-electron chi connectivity index (χ1n) is 7.33. The largest absolute Gasteiger partial charge is 0.480 e. The van der Waals surface area contributed by atoms with Crippen molar-refractivity contribution < 1.29 is 19.4 Å². The van der Waals surface area contributed by atoms with Crippen molar-refractivity contribution in [3.8, 4) is 0 Å². The molecular formula is C14H26N2O4. The van der Waals surface area contributed by atoms with E-state index >= 15 is 0 Å². The standard InChI is InChI=1S/C14H26N2O4/c1-15(2)5-6-16(10-13(17)18)12-3-7-20-14(9-12)4-8-19-11-14/h12H,3-11H2,1-2H3,(H,17,18). The Labute approximate surface area is 120 Å². The summed E-state index contributed by atoms with van der Waals surface area (Å²) >= 11 is 0. The number of ether oxygens (including phenoxy) is 2. The van der Waals surface area contributed by atoms with Crippen LogP contribution < -0.4 is 0 Å². The molecule has 2 atom stereocenters. The lowest BCUT2D eigenvalue weighted by molar-refractivity contribution is -0.142. The van der Waals surface area contributed by atoms with Gasteiger partial charge in [0.2, 0.25) is 0 Å². The summed E-state index contributed by atoms with van der Waals surface area (Å²) in [6.07, 6.45) is 2.72. The second kappa shape index (κ2) is 6.85. The quantitative estimate of drug-likeness (QED) is 0.756. The van der Waals surface area contributed by atoms with Crippen LogP contribution in [0.25, 0.3) is 0 Å². The molecule has 0 aromatic heterocycles. The van der Waals surface area contributed by atoms with Crippen LogP contribution in [0.4, 0.5) is 0 Å². The number of rotatable bonds is 6. The highest BCUT2D eigenvalue weighted by molar-refractivity contribution is 5.69. The van der Waals surface area contributed by atoms with Gasteiger partial charge in [0, 0.05) is 38.8 Å². The first kappa shape index (κ1) is 15.7. The second-order valence-electron chi connectivity index (χ2n) is 6.15. The van der Waals surface area contributed by atoms with Crippen LogP contribution in [-0.2, 0) is 14.3 Å².